The summed E-state index contributed by atoms with van der Waals surface area (Å²) in [6.45, 7) is 3.09. The number of aryl methyl sites for hydroxylation is 2. The Kier molecular flexibility index (Phi) is 3.99. The van der Waals surface area contributed by atoms with E-state index in [0.29, 0.717) is 5.88 Å². The molecule has 3 rings (SSSR count). The summed E-state index contributed by atoms with van der Waals surface area (Å²) in [5, 5.41) is 0. The summed E-state index contributed by atoms with van der Waals surface area (Å²) in [5.41, 5.74) is 3.18. The highest BCUT2D eigenvalue weighted by Crippen LogP contribution is 2.27. The molecule has 0 aromatic carbocycles. The average molecular weight is 296 g/mol. The number of aromatic nitrogens is 3. The highest BCUT2D eigenvalue weighted by molar-refractivity contribution is 7.99. The first kappa shape index (κ1) is 13.3. The zero-order chi connectivity index (χ0) is 13.2. The molecule has 2 aromatic heterocycles. The number of halogens is 1. The normalized spacial score (nSPS) is 19.4. The van der Waals surface area contributed by atoms with E-state index in [1.165, 1.54) is 17.9 Å². The summed E-state index contributed by atoms with van der Waals surface area (Å²) in [6.07, 6.45) is 4.04. The molecular formula is C14H18ClN3S. The number of rotatable bonds is 4. The largest absolute Gasteiger partial charge is 0.312 e. The molecule has 0 saturated carbocycles. The van der Waals surface area contributed by atoms with Crippen LogP contribution in [0.1, 0.15) is 17.8 Å². The van der Waals surface area contributed by atoms with Crippen LogP contribution in [-0.2, 0) is 13.0 Å². The van der Waals surface area contributed by atoms with E-state index in [1.54, 1.807) is 0 Å². The van der Waals surface area contributed by atoms with E-state index >= 15 is 0 Å². The van der Waals surface area contributed by atoms with Gasteiger partial charge in [-0.3, -0.25) is 0 Å². The molecule has 1 unspecified atom stereocenters. The van der Waals surface area contributed by atoms with Gasteiger partial charge in [0.25, 0.3) is 0 Å². The molecule has 102 valence electrons. The first-order chi connectivity index (χ1) is 9.28. The predicted molar refractivity (Wildman–Crippen MR) is 82.1 cm³/mol. The zero-order valence-electron chi connectivity index (χ0n) is 11.1. The molecule has 19 heavy (non-hydrogen) atoms. The Morgan fingerprint density at radius 1 is 1.53 bits per heavy atom. The lowest BCUT2D eigenvalue weighted by atomic mass is 10.1. The van der Waals surface area contributed by atoms with E-state index in [2.05, 4.69) is 34.3 Å². The van der Waals surface area contributed by atoms with Crippen molar-refractivity contribution in [1.29, 1.82) is 0 Å². The van der Waals surface area contributed by atoms with Gasteiger partial charge in [0.05, 0.1) is 0 Å². The van der Waals surface area contributed by atoms with Crippen LogP contribution >= 0.6 is 23.4 Å². The number of fused-ring (bicyclic) bond motifs is 1. The molecule has 2 aromatic rings. The van der Waals surface area contributed by atoms with Crippen LogP contribution in [0.3, 0.4) is 0 Å². The highest BCUT2D eigenvalue weighted by atomic mass is 35.5. The minimum Gasteiger partial charge on any atom is -0.312 e. The van der Waals surface area contributed by atoms with Crippen LogP contribution in [0.5, 0.6) is 0 Å². The molecule has 1 fully saturated rings. The molecular weight excluding hydrogens is 278 g/mol. The molecule has 1 atom stereocenters. The molecule has 1 aliphatic heterocycles. The summed E-state index contributed by atoms with van der Waals surface area (Å²) in [5.74, 6) is 4.99. The van der Waals surface area contributed by atoms with Crippen molar-refractivity contribution in [3.05, 3.63) is 23.7 Å². The lowest BCUT2D eigenvalue weighted by molar-refractivity contribution is 0.488. The maximum atomic E-state index is 5.91. The predicted octanol–water partition coefficient (Wildman–Crippen LogP) is 3.27. The molecule has 0 N–H and O–H groups in total. The fraction of sp³-hybridized carbons (Fsp3) is 0.571. The number of imidazole rings is 1. The van der Waals surface area contributed by atoms with Crippen molar-refractivity contribution in [2.45, 2.75) is 26.3 Å². The molecule has 5 heteroatoms. The number of hydrogen-bond donors (Lipinski definition) is 0. The smallest absolute Gasteiger partial charge is 0.160 e. The standard InChI is InChI=1S/C14H18ClN3S/c1-10-6-12-14(16-7-10)18(13(17-12)2-4-15)8-11-3-5-19-9-11/h6-7,11H,2-5,8-9H2,1H3. The van der Waals surface area contributed by atoms with Crippen LogP contribution in [0.25, 0.3) is 11.2 Å². The van der Waals surface area contributed by atoms with Gasteiger partial charge in [-0.25, -0.2) is 9.97 Å². The summed E-state index contributed by atoms with van der Waals surface area (Å²) in [6, 6.07) is 2.11. The number of pyridine rings is 1. The second-order valence-electron chi connectivity index (χ2n) is 5.16. The molecule has 1 saturated heterocycles. The van der Waals surface area contributed by atoms with Crippen LogP contribution in [0.4, 0.5) is 0 Å². The van der Waals surface area contributed by atoms with Gasteiger partial charge in [0.15, 0.2) is 5.65 Å². The first-order valence-electron chi connectivity index (χ1n) is 6.73. The summed E-state index contributed by atoms with van der Waals surface area (Å²) in [4.78, 5) is 9.29. The van der Waals surface area contributed by atoms with Gasteiger partial charge in [-0.2, -0.15) is 11.8 Å². The van der Waals surface area contributed by atoms with Crippen molar-refractivity contribution in [3.8, 4) is 0 Å². The van der Waals surface area contributed by atoms with Gasteiger partial charge in [0.2, 0.25) is 0 Å². The maximum Gasteiger partial charge on any atom is 0.160 e. The van der Waals surface area contributed by atoms with Gasteiger partial charge in [-0.1, -0.05) is 0 Å². The lowest BCUT2D eigenvalue weighted by Gasteiger charge is -2.12. The summed E-state index contributed by atoms with van der Waals surface area (Å²) in [7, 11) is 0. The molecule has 0 bridgehead atoms. The maximum absolute atomic E-state index is 5.91. The van der Waals surface area contributed by atoms with E-state index in [0.717, 1.165) is 41.4 Å². The van der Waals surface area contributed by atoms with Crippen molar-refractivity contribution >= 4 is 34.5 Å². The quantitative estimate of drug-likeness (QED) is 0.811. The molecule has 3 nitrogen and oxygen atoms in total. The Balaban J connectivity index is 2.00. The topological polar surface area (TPSA) is 30.7 Å². The minimum absolute atomic E-state index is 0.613. The lowest BCUT2D eigenvalue weighted by Crippen LogP contribution is -2.13. The van der Waals surface area contributed by atoms with Gasteiger partial charge < -0.3 is 4.57 Å². The van der Waals surface area contributed by atoms with Crippen LogP contribution in [0.2, 0.25) is 0 Å². The van der Waals surface area contributed by atoms with Gasteiger partial charge >= 0.3 is 0 Å². The van der Waals surface area contributed by atoms with Crippen LogP contribution in [-0.4, -0.2) is 31.9 Å². The zero-order valence-corrected chi connectivity index (χ0v) is 12.7. The Bertz CT molecular complexity index is 575. The average Bonchev–Trinajstić information content (AvgIpc) is 2.99. The second-order valence-corrected chi connectivity index (χ2v) is 6.69. The molecule has 1 aliphatic rings. The second kappa shape index (κ2) is 5.71. The fourth-order valence-corrected chi connectivity index (χ4v) is 4.05. The van der Waals surface area contributed by atoms with E-state index in [-0.39, 0.29) is 0 Å². The van der Waals surface area contributed by atoms with Crippen molar-refractivity contribution in [3.63, 3.8) is 0 Å². The number of alkyl halides is 1. The first-order valence-corrected chi connectivity index (χ1v) is 8.42. The molecule has 0 amide bonds. The van der Waals surface area contributed by atoms with Crippen LogP contribution < -0.4 is 0 Å². The summed E-state index contributed by atoms with van der Waals surface area (Å²) >= 11 is 7.96. The molecule has 0 spiro atoms. The van der Waals surface area contributed by atoms with E-state index in [4.69, 9.17) is 16.6 Å². The van der Waals surface area contributed by atoms with Gasteiger partial charge in [-0.05, 0) is 42.4 Å². The Morgan fingerprint density at radius 3 is 3.16 bits per heavy atom. The molecule has 0 radical (unpaired) electrons. The van der Waals surface area contributed by atoms with E-state index in [1.807, 2.05) is 6.20 Å². The van der Waals surface area contributed by atoms with Gasteiger partial charge in [0.1, 0.15) is 11.3 Å². The number of hydrogen-bond acceptors (Lipinski definition) is 3. The van der Waals surface area contributed by atoms with Gasteiger partial charge in [-0.15, -0.1) is 11.6 Å². The number of nitrogens with zero attached hydrogens (tertiary/aromatic N) is 3. The van der Waals surface area contributed by atoms with E-state index in [9.17, 15) is 0 Å². The molecule has 0 aliphatic carbocycles. The Hall–Kier alpha value is -0.740. The molecule has 3 heterocycles. The number of thioether (sulfide) groups is 1. The third-order valence-corrected chi connectivity index (χ3v) is 5.00. The Labute approximate surface area is 122 Å². The summed E-state index contributed by atoms with van der Waals surface area (Å²) < 4.78 is 2.29. The Morgan fingerprint density at radius 2 is 2.42 bits per heavy atom. The SMILES string of the molecule is Cc1cnc2c(c1)nc(CCCl)n2CC1CCSC1. The fourth-order valence-electron chi connectivity index (χ4n) is 2.61. The van der Waals surface area contributed by atoms with Crippen LogP contribution in [0.15, 0.2) is 12.3 Å². The monoisotopic (exact) mass is 295 g/mol. The van der Waals surface area contributed by atoms with Crippen LogP contribution in [0, 0.1) is 12.8 Å². The third-order valence-electron chi connectivity index (χ3n) is 3.58. The van der Waals surface area contributed by atoms with Crippen molar-refractivity contribution < 1.29 is 0 Å². The minimum atomic E-state index is 0.613. The third kappa shape index (κ3) is 2.75. The highest BCUT2D eigenvalue weighted by Gasteiger charge is 2.20. The van der Waals surface area contributed by atoms with Crippen molar-refractivity contribution in [2.24, 2.45) is 5.92 Å². The van der Waals surface area contributed by atoms with E-state index < -0.39 is 0 Å². The van der Waals surface area contributed by atoms with Gasteiger partial charge in [0, 0.05) is 25.0 Å². The van der Waals surface area contributed by atoms with Crippen molar-refractivity contribution in [1.82, 2.24) is 14.5 Å². The van der Waals surface area contributed by atoms with Crippen molar-refractivity contribution in [2.75, 3.05) is 17.4 Å².